The van der Waals surface area contributed by atoms with Crippen molar-refractivity contribution >= 4 is 56.7 Å². The molecule has 0 saturated carbocycles. The first-order valence-electron chi connectivity index (χ1n) is 14.2. The van der Waals surface area contributed by atoms with E-state index in [1.807, 2.05) is 48.5 Å². The summed E-state index contributed by atoms with van der Waals surface area (Å²) in [6.45, 7) is 0. The highest BCUT2D eigenvalue weighted by atomic mass is 79.9. The minimum atomic E-state index is -4.58. The number of alkyl halides is 3. The second-order valence-electron chi connectivity index (χ2n) is 10.0. The second kappa shape index (κ2) is 16.2. The lowest BCUT2D eigenvalue weighted by Gasteiger charge is -2.14. The van der Waals surface area contributed by atoms with Crippen molar-refractivity contribution in [1.29, 1.82) is 0 Å². The monoisotopic (exact) mass is 736 g/mol. The number of rotatable bonds is 6. The molecule has 0 unspecified atom stereocenters. The number of ether oxygens (including phenoxy) is 1. The topological polar surface area (TPSA) is 149 Å². The van der Waals surface area contributed by atoms with Gasteiger partial charge in [-0.2, -0.15) is 13.2 Å². The van der Waals surface area contributed by atoms with E-state index < -0.39 is 35.5 Å². The maximum atomic E-state index is 12.6. The predicted octanol–water partition coefficient (Wildman–Crippen LogP) is 9.31. The first-order chi connectivity index (χ1) is 23.3. The van der Waals surface area contributed by atoms with Crippen molar-refractivity contribution in [3.8, 4) is 22.6 Å². The summed E-state index contributed by atoms with van der Waals surface area (Å²) >= 11 is 3.31. The average Bonchev–Trinajstić information content (AvgIpc) is 3.07. The van der Waals surface area contributed by atoms with Crippen LogP contribution in [0.2, 0.25) is 0 Å². The van der Waals surface area contributed by atoms with E-state index in [-0.39, 0.29) is 22.7 Å². The van der Waals surface area contributed by atoms with Gasteiger partial charge in [0.2, 0.25) is 0 Å². The number of aromatic hydroxyl groups is 2. The van der Waals surface area contributed by atoms with Crippen LogP contribution >= 0.6 is 15.9 Å². The molecule has 0 spiro atoms. The van der Waals surface area contributed by atoms with E-state index in [4.69, 9.17) is 0 Å². The van der Waals surface area contributed by atoms with Crippen molar-refractivity contribution in [2.24, 2.45) is 0 Å². The Bertz CT molecular complexity index is 1960. The van der Waals surface area contributed by atoms with Gasteiger partial charge < -0.3 is 36.2 Å². The Morgan fingerprint density at radius 1 is 0.633 bits per heavy atom. The Balaban J connectivity index is 0.000000226. The molecule has 0 fully saturated rings. The van der Waals surface area contributed by atoms with Gasteiger partial charge in [-0.05, 0) is 76.1 Å². The van der Waals surface area contributed by atoms with E-state index in [1.165, 1.54) is 25.3 Å². The molecule has 252 valence electrons. The third kappa shape index (κ3) is 9.98. The number of carbonyl (C=O) groups excluding carboxylic acids is 3. The highest BCUT2D eigenvalue weighted by Gasteiger charge is 2.31. The fourth-order valence-electron chi connectivity index (χ4n) is 4.27. The standard InChI is InChI=1S/C20H15F3N2O2.C15H13BrN2O4/c21-20(22,23)14-10-11-17(18(26)12-14)25-19(27)24-16-9-5-4-8-15(16)13-6-2-1-3-7-13;1-22-14(20)9-6-7-12(13(19)8-9)18-15(21)17-11-5-3-2-4-10(11)16/h1-12,26H,(H2,24,25,27);2-8,19H,1H3,(H2,17,18,21). The zero-order valence-electron chi connectivity index (χ0n) is 25.5. The molecule has 0 aliphatic rings. The number of nitrogens with one attached hydrogen (secondary N) is 4. The Morgan fingerprint density at radius 3 is 1.71 bits per heavy atom. The molecule has 0 aliphatic heterocycles. The maximum Gasteiger partial charge on any atom is 0.416 e. The number of phenolic OH excluding ortho intramolecular Hbond substituents is 2. The van der Waals surface area contributed by atoms with Crippen LogP contribution in [0.4, 0.5) is 45.5 Å². The summed E-state index contributed by atoms with van der Waals surface area (Å²) in [5.41, 5.74) is 2.03. The third-order valence-electron chi connectivity index (χ3n) is 6.62. The normalized spacial score (nSPS) is 10.6. The Kier molecular flexibility index (Phi) is 11.8. The fraction of sp³-hybridized carbons (Fsp3) is 0.0571. The summed E-state index contributed by atoms with van der Waals surface area (Å²) in [4.78, 5) is 35.5. The van der Waals surface area contributed by atoms with Crippen LogP contribution in [0.1, 0.15) is 15.9 Å². The molecule has 14 heteroatoms. The van der Waals surface area contributed by atoms with Crippen LogP contribution in [0.25, 0.3) is 11.1 Å². The van der Waals surface area contributed by atoms with E-state index >= 15 is 0 Å². The van der Waals surface area contributed by atoms with Crippen LogP contribution in [0.15, 0.2) is 120 Å². The number of hydrogen-bond acceptors (Lipinski definition) is 6. The summed E-state index contributed by atoms with van der Waals surface area (Å²) < 4.78 is 43.2. The maximum absolute atomic E-state index is 12.6. The number of phenols is 2. The Morgan fingerprint density at radius 2 is 1.14 bits per heavy atom. The molecule has 5 aromatic carbocycles. The van der Waals surface area contributed by atoms with Crippen LogP contribution in [0, 0.1) is 0 Å². The van der Waals surface area contributed by atoms with Gasteiger partial charge in [0.05, 0.1) is 41.0 Å². The molecule has 4 amide bonds. The summed E-state index contributed by atoms with van der Waals surface area (Å²) in [5, 5.41) is 29.7. The van der Waals surface area contributed by atoms with E-state index in [2.05, 4.69) is 41.9 Å². The van der Waals surface area contributed by atoms with Crippen LogP contribution in [0.5, 0.6) is 11.5 Å². The number of halogens is 4. The quantitative estimate of drug-likeness (QED) is 0.0756. The molecule has 0 saturated heterocycles. The van der Waals surface area contributed by atoms with Crippen molar-refractivity contribution in [1.82, 2.24) is 0 Å². The van der Waals surface area contributed by atoms with Crippen molar-refractivity contribution < 1.29 is 42.5 Å². The molecule has 10 nitrogen and oxygen atoms in total. The molecule has 0 heterocycles. The molecule has 5 aromatic rings. The second-order valence-corrected chi connectivity index (χ2v) is 10.9. The number of urea groups is 2. The molecule has 0 aromatic heterocycles. The first kappa shape index (κ1) is 35.8. The number of amides is 4. The van der Waals surface area contributed by atoms with Gasteiger partial charge in [0.15, 0.2) is 0 Å². The molecule has 0 bridgehead atoms. The zero-order chi connectivity index (χ0) is 35.6. The summed E-state index contributed by atoms with van der Waals surface area (Å²) in [5.74, 6) is -1.47. The van der Waals surface area contributed by atoms with Crippen LogP contribution < -0.4 is 21.3 Å². The highest BCUT2D eigenvalue weighted by molar-refractivity contribution is 9.10. The number of para-hydroxylation sites is 2. The molecule has 0 radical (unpaired) electrons. The van der Waals surface area contributed by atoms with Crippen LogP contribution in [-0.4, -0.2) is 35.4 Å². The average molecular weight is 738 g/mol. The fourth-order valence-corrected chi connectivity index (χ4v) is 4.66. The lowest BCUT2D eigenvalue weighted by atomic mass is 10.0. The Labute approximate surface area is 286 Å². The van der Waals surface area contributed by atoms with Crippen LogP contribution in [-0.2, 0) is 10.9 Å². The summed E-state index contributed by atoms with van der Waals surface area (Å²) in [7, 11) is 1.25. The molecule has 6 N–H and O–H groups in total. The molecule has 49 heavy (non-hydrogen) atoms. The van der Waals surface area contributed by atoms with E-state index in [0.29, 0.717) is 17.4 Å². The number of methoxy groups -OCH3 is 1. The van der Waals surface area contributed by atoms with Crippen molar-refractivity contribution in [2.45, 2.75) is 6.18 Å². The summed E-state index contributed by atoms with van der Waals surface area (Å²) in [6, 6.07) is 28.8. The van der Waals surface area contributed by atoms with E-state index in [9.17, 15) is 37.8 Å². The molecule has 0 atom stereocenters. The van der Waals surface area contributed by atoms with Gasteiger partial charge in [0.25, 0.3) is 0 Å². The number of carbonyl (C=O) groups is 3. The number of benzene rings is 5. The number of anilines is 4. The lowest BCUT2D eigenvalue weighted by Crippen LogP contribution is -2.20. The van der Waals surface area contributed by atoms with Gasteiger partial charge >= 0.3 is 24.2 Å². The largest absolute Gasteiger partial charge is 0.506 e. The van der Waals surface area contributed by atoms with E-state index in [1.54, 1.807) is 30.3 Å². The molecule has 5 rings (SSSR count). The molecular formula is C35H28BrF3N4O6. The SMILES string of the molecule is COC(=O)c1ccc(NC(=O)Nc2ccccc2Br)c(O)c1.O=C(Nc1ccc(C(F)(F)F)cc1O)Nc1ccccc1-c1ccccc1. The van der Waals surface area contributed by atoms with Gasteiger partial charge in [0.1, 0.15) is 11.5 Å². The zero-order valence-corrected chi connectivity index (χ0v) is 27.1. The minimum absolute atomic E-state index is 0.127. The van der Waals surface area contributed by atoms with Crippen molar-refractivity contribution in [3.05, 3.63) is 131 Å². The predicted molar refractivity (Wildman–Crippen MR) is 184 cm³/mol. The van der Waals surface area contributed by atoms with Crippen LogP contribution in [0.3, 0.4) is 0 Å². The van der Waals surface area contributed by atoms with Crippen molar-refractivity contribution in [2.75, 3.05) is 28.4 Å². The van der Waals surface area contributed by atoms with Gasteiger partial charge in [-0.3, -0.25) is 0 Å². The van der Waals surface area contributed by atoms with Gasteiger partial charge in [-0.25, -0.2) is 14.4 Å². The number of hydrogen-bond donors (Lipinski definition) is 6. The first-order valence-corrected chi connectivity index (χ1v) is 15.0. The summed E-state index contributed by atoms with van der Waals surface area (Å²) in [6.07, 6.45) is -4.58. The third-order valence-corrected chi connectivity index (χ3v) is 7.31. The van der Waals surface area contributed by atoms with Crippen molar-refractivity contribution in [3.63, 3.8) is 0 Å². The molecule has 0 aliphatic carbocycles. The molecular weight excluding hydrogens is 709 g/mol. The lowest BCUT2D eigenvalue weighted by molar-refractivity contribution is -0.137. The van der Waals surface area contributed by atoms with Gasteiger partial charge in [0, 0.05) is 10.0 Å². The highest BCUT2D eigenvalue weighted by Crippen LogP contribution is 2.35. The van der Waals surface area contributed by atoms with Gasteiger partial charge in [-0.15, -0.1) is 0 Å². The number of esters is 1. The smallest absolute Gasteiger partial charge is 0.416 e. The van der Waals surface area contributed by atoms with E-state index in [0.717, 1.165) is 27.7 Å². The minimum Gasteiger partial charge on any atom is -0.506 e. The van der Waals surface area contributed by atoms with Gasteiger partial charge in [-0.1, -0.05) is 60.7 Å². The Hall–Kier alpha value is -6.02.